The van der Waals surface area contributed by atoms with E-state index in [1.165, 1.54) is 0 Å². The van der Waals surface area contributed by atoms with Gasteiger partial charge < -0.3 is 10.0 Å². The van der Waals surface area contributed by atoms with E-state index in [-0.39, 0.29) is 18.7 Å². The average Bonchev–Trinajstić information content (AvgIpc) is 2.69. The Morgan fingerprint density at radius 2 is 2.20 bits per heavy atom. The molecular formula is C10H17NO3S. The maximum absolute atomic E-state index is 11.7. The average molecular weight is 231 g/mol. The van der Waals surface area contributed by atoms with E-state index in [4.69, 9.17) is 5.11 Å². The quantitative estimate of drug-likeness (QED) is 0.772. The molecule has 0 aromatic heterocycles. The van der Waals surface area contributed by atoms with Crippen LogP contribution in [0.2, 0.25) is 0 Å². The predicted octanol–water partition coefficient (Wildman–Crippen LogP) is 1.21. The molecular weight excluding hydrogens is 214 g/mol. The lowest BCUT2D eigenvalue weighted by molar-refractivity contribution is -0.141. The first-order valence-electron chi connectivity index (χ1n) is 5.24. The number of carbonyl (C=O) groups excluding carboxylic acids is 1. The number of nitrogens with zero attached hydrogens (tertiary/aromatic N) is 1. The molecule has 1 saturated heterocycles. The first kappa shape index (κ1) is 12.4. The van der Waals surface area contributed by atoms with Crippen molar-refractivity contribution < 1.29 is 14.7 Å². The van der Waals surface area contributed by atoms with Crippen molar-refractivity contribution in [2.75, 3.05) is 18.1 Å². The van der Waals surface area contributed by atoms with E-state index in [2.05, 4.69) is 0 Å². The minimum absolute atomic E-state index is 0.0209. The number of hydrogen-bond donors (Lipinski definition) is 1. The lowest BCUT2D eigenvalue weighted by atomic mass is 10.2. The van der Waals surface area contributed by atoms with Crippen LogP contribution in [0.3, 0.4) is 0 Å². The van der Waals surface area contributed by atoms with Gasteiger partial charge in [0.25, 0.3) is 0 Å². The Morgan fingerprint density at radius 1 is 1.47 bits per heavy atom. The molecule has 86 valence electrons. The van der Waals surface area contributed by atoms with Crippen LogP contribution in [0, 0.1) is 0 Å². The maximum atomic E-state index is 11.7. The fraction of sp³-hybridized carbons (Fsp3) is 0.800. The van der Waals surface area contributed by atoms with E-state index in [0.29, 0.717) is 12.6 Å². The highest BCUT2D eigenvalue weighted by molar-refractivity contribution is 7.99. The monoisotopic (exact) mass is 231 g/mol. The maximum Gasteiger partial charge on any atom is 0.303 e. The van der Waals surface area contributed by atoms with Crippen LogP contribution in [0.15, 0.2) is 0 Å². The third-order valence-electron chi connectivity index (χ3n) is 2.56. The lowest BCUT2D eigenvalue weighted by Gasteiger charge is -2.27. The number of carboxylic acid groups (broad SMARTS) is 1. The van der Waals surface area contributed by atoms with Crippen LogP contribution in [-0.2, 0) is 9.59 Å². The molecule has 1 unspecified atom stereocenters. The molecule has 5 heteroatoms. The highest BCUT2D eigenvalue weighted by Gasteiger charge is 2.25. The number of carboxylic acids is 1. The second-order valence-corrected chi connectivity index (χ2v) is 4.74. The van der Waals surface area contributed by atoms with Gasteiger partial charge in [0.05, 0.1) is 6.42 Å². The van der Waals surface area contributed by atoms with Gasteiger partial charge in [-0.15, -0.1) is 0 Å². The van der Waals surface area contributed by atoms with Gasteiger partial charge in [-0.05, 0) is 19.1 Å². The zero-order chi connectivity index (χ0) is 11.3. The number of thioether (sulfide) groups is 1. The molecule has 1 aliphatic rings. The van der Waals surface area contributed by atoms with Crippen molar-refractivity contribution in [2.45, 2.75) is 32.2 Å². The van der Waals surface area contributed by atoms with Gasteiger partial charge in [0.2, 0.25) is 5.91 Å². The molecule has 1 amide bonds. The molecule has 15 heavy (non-hydrogen) atoms. The van der Waals surface area contributed by atoms with Crippen molar-refractivity contribution in [3.63, 3.8) is 0 Å². The Bertz CT molecular complexity index is 239. The summed E-state index contributed by atoms with van der Waals surface area (Å²) < 4.78 is 0. The van der Waals surface area contributed by atoms with E-state index in [0.717, 1.165) is 17.9 Å². The molecule has 1 aliphatic heterocycles. The molecule has 1 atom stereocenters. The van der Waals surface area contributed by atoms with Crippen LogP contribution < -0.4 is 0 Å². The minimum Gasteiger partial charge on any atom is -0.481 e. The first-order chi connectivity index (χ1) is 7.15. The SMILES string of the molecule is CCN(C(=O)CCC(=O)O)C1CCSC1. The molecule has 0 aromatic carbocycles. The highest BCUT2D eigenvalue weighted by atomic mass is 32.2. The Balaban J connectivity index is 2.42. The Hall–Kier alpha value is -0.710. The summed E-state index contributed by atoms with van der Waals surface area (Å²) in [6.45, 7) is 2.63. The summed E-state index contributed by atoms with van der Waals surface area (Å²) in [7, 11) is 0. The summed E-state index contributed by atoms with van der Waals surface area (Å²) in [5.74, 6) is 1.17. The number of aliphatic carboxylic acids is 1. The van der Waals surface area contributed by atoms with Gasteiger partial charge in [-0.2, -0.15) is 11.8 Å². The van der Waals surface area contributed by atoms with Crippen LogP contribution in [-0.4, -0.2) is 46.0 Å². The van der Waals surface area contributed by atoms with Gasteiger partial charge in [-0.1, -0.05) is 0 Å². The predicted molar refractivity (Wildman–Crippen MR) is 60.0 cm³/mol. The second kappa shape index (κ2) is 6.00. The van der Waals surface area contributed by atoms with Gasteiger partial charge in [0, 0.05) is 24.8 Å². The van der Waals surface area contributed by atoms with E-state index < -0.39 is 5.97 Å². The van der Waals surface area contributed by atoms with Crippen molar-refractivity contribution in [1.29, 1.82) is 0 Å². The van der Waals surface area contributed by atoms with Crippen molar-refractivity contribution >= 4 is 23.6 Å². The highest BCUT2D eigenvalue weighted by Crippen LogP contribution is 2.22. The van der Waals surface area contributed by atoms with Crippen molar-refractivity contribution in [3.05, 3.63) is 0 Å². The van der Waals surface area contributed by atoms with Crippen LogP contribution in [0.5, 0.6) is 0 Å². The van der Waals surface area contributed by atoms with E-state index in [1.807, 2.05) is 23.6 Å². The summed E-state index contributed by atoms with van der Waals surface area (Å²) >= 11 is 1.86. The molecule has 1 heterocycles. The summed E-state index contributed by atoms with van der Waals surface area (Å²) in [4.78, 5) is 23.9. The first-order valence-corrected chi connectivity index (χ1v) is 6.39. The Labute approximate surface area is 94.0 Å². The fourth-order valence-electron chi connectivity index (χ4n) is 1.76. The molecule has 1 rings (SSSR count). The van der Waals surface area contributed by atoms with Gasteiger partial charge in [0.1, 0.15) is 0 Å². The minimum atomic E-state index is -0.903. The standard InChI is InChI=1S/C10H17NO3S/c1-2-11(8-5-6-15-7-8)9(12)3-4-10(13)14/h8H,2-7H2,1H3,(H,13,14). The van der Waals surface area contributed by atoms with Gasteiger partial charge in [0.15, 0.2) is 0 Å². The second-order valence-electron chi connectivity index (χ2n) is 3.59. The Morgan fingerprint density at radius 3 is 2.67 bits per heavy atom. The molecule has 0 bridgehead atoms. The van der Waals surface area contributed by atoms with Gasteiger partial charge in [-0.25, -0.2) is 0 Å². The van der Waals surface area contributed by atoms with E-state index in [1.54, 1.807) is 0 Å². The molecule has 0 aliphatic carbocycles. The molecule has 4 nitrogen and oxygen atoms in total. The van der Waals surface area contributed by atoms with Gasteiger partial charge >= 0.3 is 5.97 Å². The largest absolute Gasteiger partial charge is 0.481 e. The summed E-state index contributed by atoms with van der Waals surface area (Å²) in [6.07, 6.45) is 1.11. The lowest BCUT2D eigenvalue weighted by Crippen LogP contribution is -2.40. The van der Waals surface area contributed by atoms with Crippen molar-refractivity contribution in [2.24, 2.45) is 0 Å². The van der Waals surface area contributed by atoms with Gasteiger partial charge in [-0.3, -0.25) is 9.59 Å². The number of rotatable bonds is 5. The topological polar surface area (TPSA) is 57.6 Å². The molecule has 1 fully saturated rings. The fourth-order valence-corrected chi connectivity index (χ4v) is 2.99. The third-order valence-corrected chi connectivity index (χ3v) is 3.71. The Kier molecular flexibility index (Phi) is 4.94. The van der Waals surface area contributed by atoms with E-state index in [9.17, 15) is 9.59 Å². The molecule has 0 aromatic rings. The molecule has 0 radical (unpaired) electrons. The zero-order valence-corrected chi connectivity index (χ0v) is 9.76. The summed E-state index contributed by atoms with van der Waals surface area (Å²) in [5.41, 5.74) is 0. The molecule has 1 N–H and O–H groups in total. The van der Waals surface area contributed by atoms with Crippen LogP contribution in [0.1, 0.15) is 26.2 Å². The van der Waals surface area contributed by atoms with Crippen molar-refractivity contribution in [3.8, 4) is 0 Å². The normalized spacial score (nSPS) is 20.2. The van der Waals surface area contributed by atoms with E-state index >= 15 is 0 Å². The molecule has 0 spiro atoms. The smallest absolute Gasteiger partial charge is 0.303 e. The third kappa shape index (κ3) is 3.74. The summed E-state index contributed by atoms with van der Waals surface area (Å²) in [6, 6.07) is 0.321. The van der Waals surface area contributed by atoms with Crippen molar-refractivity contribution in [1.82, 2.24) is 4.90 Å². The molecule has 0 saturated carbocycles. The van der Waals surface area contributed by atoms with Crippen LogP contribution >= 0.6 is 11.8 Å². The van der Waals surface area contributed by atoms with Crippen LogP contribution in [0.25, 0.3) is 0 Å². The van der Waals surface area contributed by atoms with Crippen LogP contribution in [0.4, 0.5) is 0 Å². The number of carbonyl (C=O) groups is 2. The summed E-state index contributed by atoms with van der Waals surface area (Å²) in [5, 5.41) is 8.51. The zero-order valence-electron chi connectivity index (χ0n) is 8.94. The number of amides is 1. The number of hydrogen-bond acceptors (Lipinski definition) is 3.